The Kier molecular flexibility index (Phi) is 4.50. The van der Waals surface area contributed by atoms with Gasteiger partial charge < -0.3 is 23.9 Å². The monoisotopic (exact) mass is 363 g/mol. The van der Waals surface area contributed by atoms with Crippen LogP contribution in [0.25, 0.3) is 21.9 Å². The second-order valence-electron chi connectivity index (χ2n) is 6.18. The van der Waals surface area contributed by atoms with Gasteiger partial charge in [0.1, 0.15) is 28.4 Å². The summed E-state index contributed by atoms with van der Waals surface area (Å²) in [5, 5.41) is 5.58. The van der Waals surface area contributed by atoms with Crippen LogP contribution in [0.15, 0.2) is 59.0 Å². The van der Waals surface area contributed by atoms with Crippen LogP contribution in [0, 0.1) is 0 Å². The first-order chi connectivity index (χ1) is 13.2. The fourth-order valence-corrected chi connectivity index (χ4v) is 3.27. The van der Waals surface area contributed by atoms with Gasteiger partial charge >= 0.3 is 0 Å². The molecule has 4 aromatic rings. The van der Waals surface area contributed by atoms with E-state index in [-0.39, 0.29) is 0 Å². The number of anilines is 1. The van der Waals surface area contributed by atoms with Gasteiger partial charge in [-0.2, -0.15) is 0 Å². The number of methoxy groups -OCH3 is 3. The fourth-order valence-electron chi connectivity index (χ4n) is 3.27. The van der Waals surface area contributed by atoms with E-state index in [1.165, 1.54) is 0 Å². The lowest BCUT2D eigenvalue weighted by Crippen LogP contribution is -2.03. The van der Waals surface area contributed by atoms with E-state index < -0.39 is 0 Å². The molecule has 0 aliphatic rings. The van der Waals surface area contributed by atoms with Gasteiger partial charge in [0.2, 0.25) is 0 Å². The van der Waals surface area contributed by atoms with Gasteiger partial charge in [0.15, 0.2) is 0 Å². The van der Waals surface area contributed by atoms with Crippen molar-refractivity contribution in [3.63, 3.8) is 0 Å². The van der Waals surface area contributed by atoms with Crippen molar-refractivity contribution in [3.05, 3.63) is 60.2 Å². The van der Waals surface area contributed by atoms with Crippen LogP contribution in [0.4, 0.5) is 5.69 Å². The van der Waals surface area contributed by atoms with Crippen LogP contribution in [0.5, 0.6) is 17.2 Å². The third kappa shape index (κ3) is 3.12. The van der Waals surface area contributed by atoms with Gasteiger partial charge in [0, 0.05) is 28.9 Å². The van der Waals surface area contributed by atoms with Crippen LogP contribution in [0.2, 0.25) is 0 Å². The molecule has 0 amide bonds. The lowest BCUT2D eigenvalue weighted by Gasteiger charge is -2.14. The molecule has 1 aromatic heterocycles. The molecule has 138 valence electrons. The number of rotatable bonds is 6. The summed E-state index contributed by atoms with van der Waals surface area (Å²) in [4.78, 5) is 0. The minimum atomic E-state index is 0.567. The molecule has 0 bridgehead atoms. The molecule has 0 atom stereocenters. The van der Waals surface area contributed by atoms with E-state index in [9.17, 15) is 0 Å². The van der Waals surface area contributed by atoms with Crippen molar-refractivity contribution < 1.29 is 18.6 Å². The number of furan rings is 1. The first-order valence-corrected chi connectivity index (χ1v) is 8.67. The molecule has 0 radical (unpaired) electrons. The van der Waals surface area contributed by atoms with Crippen LogP contribution in [0.3, 0.4) is 0 Å². The quantitative estimate of drug-likeness (QED) is 0.509. The Morgan fingerprint density at radius 3 is 2.37 bits per heavy atom. The van der Waals surface area contributed by atoms with Crippen LogP contribution < -0.4 is 19.5 Å². The molecule has 0 aliphatic carbocycles. The maximum atomic E-state index is 5.94. The minimum Gasteiger partial charge on any atom is -0.497 e. The highest BCUT2D eigenvalue weighted by molar-refractivity contribution is 6.06. The Balaban J connectivity index is 1.72. The van der Waals surface area contributed by atoms with Crippen LogP contribution in [-0.4, -0.2) is 21.3 Å². The molecule has 27 heavy (non-hydrogen) atoms. The molecule has 5 heteroatoms. The summed E-state index contributed by atoms with van der Waals surface area (Å²) in [6, 6.07) is 17.7. The van der Waals surface area contributed by atoms with E-state index in [0.717, 1.165) is 50.4 Å². The van der Waals surface area contributed by atoms with Crippen LogP contribution >= 0.6 is 0 Å². The van der Waals surface area contributed by atoms with E-state index >= 15 is 0 Å². The third-order valence-corrected chi connectivity index (χ3v) is 4.66. The van der Waals surface area contributed by atoms with Crippen molar-refractivity contribution in [1.29, 1.82) is 0 Å². The number of ether oxygens (including phenoxy) is 3. The van der Waals surface area contributed by atoms with Gasteiger partial charge in [0.05, 0.1) is 27.0 Å². The molecule has 1 N–H and O–H groups in total. The number of fused-ring (bicyclic) bond motifs is 3. The molecule has 4 rings (SSSR count). The molecular weight excluding hydrogens is 342 g/mol. The zero-order valence-electron chi connectivity index (χ0n) is 15.5. The van der Waals surface area contributed by atoms with Gasteiger partial charge in [-0.1, -0.05) is 18.2 Å². The molecule has 0 saturated heterocycles. The first-order valence-electron chi connectivity index (χ1n) is 8.67. The predicted molar refractivity (Wildman–Crippen MR) is 107 cm³/mol. The number of para-hydroxylation sites is 1. The number of hydrogen-bond donors (Lipinski definition) is 1. The van der Waals surface area contributed by atoms with E-state index in [1.54, 1.807) is 21.3 Å². The summed E-state index contributed by atoms with van der Waals surface area (Å²) in [5.74, 6) is 2.32. The lowest BCUT2D eigenvalue weighted by atomic mass is 10.1. The number of benzene rings is 3. The van der Waals surface area contributed by atoms with Crippen molar-refractivity contribution in [3.8, 4) is 17.2 Å². The van der Waals surface area contributed by atoms with Crippen LogP contribution in [0.1, 0.15) is 5.56 Å². The van der Waals surface area contributed by atoms with Gasteiger partial charge in [-0.05, 0) is 30.3 Å². The van der Waals surface area contributed by atoms with Gasteiger partial charge in [-0.25, -0.2) is 0 Å². The average molecular weight is 363 g/mol. The normalized spacial score (nSPS) is 10.9. The maximum absolute atomic E-state index is 5.94. The molecule has 0 aliphatic heterocycles. The van der Waals surface area contributed by atoms with Gasteiger partial charge in [-0.3, -0.25) is 0 Å². The van der Waals surface area contributed by atoms with Crippen molar-refractivity contribution in [2.24, 2.45) is 0 Å². The third-order valence-electron chi connectivity index (χ3n) is 4.66. The summed E-state index contributed by atoms with van der Waals surface area (Å²) in [5.41, 5.74) is 3.55. The molecule has 1 heterocycles. The van der Waals surface area contributed by atoms with E-state index in [1.807, 2.05) is 42.5 Å². The summed E-state index contributed by atoms with van der Waals surface area (Å²) in [6.45, 7) is 0.567. The lowest BCUT2D eigenvalue weighted by molar-refractivity contribution is 0.399. The van der Waals surface area contributed by atoms with Crippen molar-refractivity contribution in [2.75, 3.05) is 26.6 Å². The Morgan fingerprint density at radius 2 is 1.59 bits per heavy atom. The molecule has 0 spiro atoms. The Hall–Kier alpha value is -3.34. The maximum Gasteiger partial charge on any atom is 0.145 e. The molecule has 5 nitrogen and oxygen atoms in total. The van der Waals surface area contributed by atoms with E-state index in [4.69, 9.17) is 18.6 Å². The topological polar surface area (TPSA) is 52.9 Å². The zero-order valence-corrected chi connectivity index (χ0v) is 15.5. The molecular formula is C22H21NO4. The Labute approximate surface area is 157 Å². The number of hydrogen-bond acceptors (Lipinski definition) is 5. The van der Waals surface area contributed by atoms with Crippen molar-refractivity contribution in [1.82, 2.24) is 0 Å². The second kappa shape index (κ2) is 7.11. The molecule has 3 aromatic carbocycles. The second-order valence-corrected chi connectivity index (χ2v) is 6.18. The zero-order chi connectivity index (χ0) is 18.8. The van der Waals surface area contributed by atoms with Gasteiger partial charge in [-0.15, -0.1) is 0 Å². The Bertz CT molecular complexity index is 1100. The highest BCUT2D eigenvalue weighted by Crippen LogP contribution is 2.37. The van der Waals surface area contributed by atoms with Crippen LogP contribution in [-0.2, 0) is 6.54 Å². The summed E-state index contributed by atoms with van der Waals surface area (Å²) in [7, 11) is 4.97. The first kappa shape index (κ1) is 17.1. The Morgan fingerprint density at radius 1 is 0.778 bits per heavy atom. The average Bonchev–Trinajstić information content (AvgIpc) is 3.08. The van der Waals surface area contributed by atoms with Gasteiger partial charge in [0.25, 0.3) is 0 Å². The molecule has 0 saturated carbocycles. The van der Waals surface area contributed by atoms with E-state index in [0.29, 0.717) is 6.54 Å². The molecule has 0 unspecified atom stereocenters. The predicted octanol–water partition coefficient (Wildman–Crippen LogP) is 5.22. The SMILES string of the molecule is COc1ccc(OC)c(CNc2cc3c(cc2OC)oc2ccccc23)c1. The number of nitrogens with one attached hydrogen (secondary N) is 1. The van der Waals surface area contributed by atoms with Crippen molar-refractivity contribution in [2.45, 2.75) is 6.54 Å². The highest BCUT2D eigenvalue weighted by Gasteiger charge is 2.13. The van der Waals surface area contributed by atoms with Crippen molar-refractivity contribution >= 4 is 27.6 Å². The summed E-state index contributed by atoms with van der Waals surface area (Å²) < 4.78 is 22.3. The largest absolute Gasteiger partial charge is 0.497 e. The minimum absolute atomic E-state index is 0.567. The highest BCUT2D eigenvalue weighted by atomic mass is 16.5. The molecule has 0 fully saturated rings. The standard InChI is InChI=1S/C22H21NO4/c1-24-15-8-9-19(25-2)14(10-15)13-23-18-11-17-16-6-4-5-7-20(16)27-21(17)12-22(18)26-3/h4-12,23H,13H2,1-3H3. The fraction of sp³-hybridized carbons (Fsp3) is 0.182. The van der Waals surface area contributed by atoms with E-state index in [2.05, 4.69) is 17.4 Å². The summed E-state index contributed by atoms with van der Waals surface area (Å²) >= 11 is 0. The smallest absolute Gasteiger partial charge is 0.145 e. The summed E-state index contributed by atoms with van der Waals surface area (Å²) in [6.07, 6.45) is 0.